The fourth-order valence-electron chi connectivity index (χ4n) is 1.19. The molecule has 0 aromatic carbocycles. The van der Waals surface area contributed by atoms with Crippen molar-refractivity contribution in [2.75, 3.05) is 5.73 Å². The minimum Gasteiger partial charge on any atom is -0.368 e. The topological polar surface area (TPSA) is 56.7 Å². The first-order chi connectivity index (χ1) is 6.25. The lowest BCUT2D eigenvalue weighted by atomic mass is 10.4. The van der Waals surface area contributed by atoms with E-state index >= 15 is 0 Å². The molecule has 13 heavy (non-hydrogen) atoms. The molecule has 66 valence electrons. The summed E-state index contributed by atoms with van der Waals surface area (Å²) in [6, 6.07) is 5.76. The largest absolute Gasteiger partial charge is 0.368 e. The fraction of sp³-hybridized carbons (Fsp3) is 0.111. The number of rotatable bonds is 1. The Labute approximate surface area is 76.1 Å². The third kappa shape index (κ3) is 1.51. The van der Waals surface area contributed by atoms with E-state index in [0.717, 1.165) is 11.5 Å². The first kappa shape index (κ1) is 7.79. The molecule has 0 bridgehead atoms. The SMILES string of the molecule is Cc1cc(-n2cccc2)nc(N)n1. The molecule has 4 nitrogen and oxygen atoms in total. The smallest absolute Gasteiger partial charge is 0.222 e. The number of nitrogens with zero attached hydrogens (tertiary/aromatic N) is 3. The van der Waals surface area contributed by atoms with Crippen molar-refractivity contribution in [3.05, 3.63) is 36.3 Å². The van der Waals surface area contributed by atoms with Crippen molar-refractivity contribution in [1.29, 1.82) is 0 Å². The van der Waals surface area contributed by atoms with Crippen LogP contribution in [-0.2, 0) is 0 Å². The lowest BCUT2D eigenvalue weighted by Gasteiger charge is -2.03. The van der Waals surface area contributed by atoms with Gasteiger partial charge in [0.15, 0.2) is 0 Å². The number of hydrogen-bond donors (Lipinski definition) is 1. The standard InChI is InChI=1S/C9H10N4/c1-7-6-8(12-9(10)11-7)13-4-2-3-5-13/h2-6H,1H3,(H2,10,11,12). The maximum absolute atomic E-state index is 5.53. The summed E-state index contributed by atoms with van der Waals surface area (Å²) in [4.78, 5) is 8.10. The molecule has 2 rings (SSSR count). The summed E-state index contributed by atoms with van der Waals surface area (Å²) in [7, 11) is 0. The first-order valence-electron chi connectivity index (χ1n) is 4.00. The van der Waals surface area contributed by atoms with Gasteiger partial charge in [-0.15, -0.1) is 0 Å². The molecule has 0 aliphatic carbocycles. The molecule has 2 aromatic rings. The van der Waals surface area contributed by atoms with Crippen LogP contribution in [0, 0.1) is 6.92 Å². The van der Waals surface area contributed by atoms with E-state index in [4.69, 9.17) is 5.73 Å². The Balaban J connectivity index is 2.53. The van der Waals surface area contributed by atoms with E-state index in [1.54, 1.807) is 0 Å². The molecule has 0 fully saturated rings. The van der Waals surface area contributed by atoms with Crippen LogP contribution in [0.5, 0.6) is 0 Å². The van der Waals surface area contributed by atoms with E-state index in [0.29, 0.717) is 5.95 Å². The van der Waals surface area contributed by atoms with Gasteiger partial charge in [0.2, 0.25) is 5.95 Å². The van der Waals surface area contributed by atoms with Crippen LogP contribution in [0.3, 0.4) is 0 Å². The van der Waals surface area contributed by atoms with Crippen molar-refractivity contribution in [2.24, 2.45) is 0 Å². The lowest BCUT2D eigenvalue weighted by molar-refractivity contribution is 0.975. The Morgan fingerprint density at radius 3 is 2.54 bits per heavy atom. The van der Waals surface area contributed by atoms with E-state index in [2.05, 4.69) is 9.97 Å². The molecule has 2 heterocycles. The average Bonchev–Trinajstić information content (AvgIpc) is 2.53. The van der Waals surface area contributed by atoms with Crippen LogP contribution in [0.4, 0.5) is 5.95 Å². The number of nitrogens with two attached hydrogens (primary N) is 1. The number of hydrogen-bond acceptors (Lipinski definition) is 3. The molecule has 2 aromatic heterocycles. The minimum atomic E-state index is 0.309. The number of anilines is 1. The van der Waals surface area contributed by atoms with Gasteiger partial charge in [-0.05, 0) is 19.1 Å². The molecule has 2 N–H and O–H groups in total. The van der Waals surface area contributed by atoms with Crippen molar-refractivity contribution >= 4 is 5.95 Å². The minimum absolute atomic E-state index is 0.309. The van der Waals surface area contributed by atoms with Gasteiger partial charge < -0.3 is 10.3 Å². The van der Waals surface area contributed by atoms with Gasteiger partial charge in [0.05, 0.1) is 0 Å². The highest BCUT2D eigenvalue weighted by atomic mass is 15.1. The van der Waals surface area contributed by atoms with Crippen LogP contribution in [0.15, 0.2) is 30.6 Å². The third-order valence-electron chi connectivity index (χ3n) is 1.73. The van der Waals surface area contributed by atoms with E-state index < -0.39 is 0 Å². The first-order valence-corrected chi connectivity index (χ1v) is 4.00. The van der Waals surface area contributed by atoms with E-state index in [1.165, 1.54) is 0 Å². The highest BCUT2D eigenvalue weighted by molar-refractivity contribution is 5.31. The highest BCUT2D eigenvalue weighted by Gasteiger charge is 1.99. The van der Waals surface area contributed by atoms with E-state index in [1.807, 2.05) is 42.1 Å². The molecule has 4 heteroatoms. The van der Waals surface area contributed by atoms with Gasteiger partial charge in [-0.2, -0.15) is 4.98 Å². The number of aryl methyl sites for hydroxylation is 1. The van der Waals surface area contributed by atoms with Gasteiger partial charge in [0, 0.05) is 24.2 Å². The van der Waals surface area contributed by atoms with Crippen molar-refractivity contribution in [1.82, 2.24) is 14.5 Å². The predicted octanol–water partition coefficient (Wildman–Crippen LogP) is 1.16. The fourth-order valence-corrected chi connectivity index (χ4v) is 1.19. The number of nitrogen functional groups attached to an aromatic ring is 1. The molecule has 0 aliphatic heterocycles. The predicted molar refractivity (Wildman–Crippen MR) is 50.5 cm³/mol. The van der Waals surface area contributed by atoms with Gasteiger partial charge in [-0.3, -0.25) is 0 Å². The summed E-state index contributed by atoms with van der Waals surface area (Å²) >= 11 is 0. The quantitative estimate of drug-likeness (QED) is 0.705. The van der Waals surface area contributed by atoms with Gasteiger partial charge in [-0.1, -0.05) is 0 Å². The zero-order valence-electron chi connectivity index (χ0n) is 7.31. The van der Waals surface area contributed by atoms with E-state index in [-0.39, 0.29) is 0 Å². The Kier molecular flexibility index (Phi) is 1.73. The third-order valence-corrected chi connectivity index (χ3v) is 1.73. The normalized spacial score (nSPS) is 10.2. The van der Waals surface area contributed by atoms with Crippen LogP contribution in [-0.4, -0.2) is 14.5 Å². The second-order valence-corrected chi connectivity index (χ2v) is 2.82. The molecule has 0 aliphatic rings. The van der Waals surface area contributed by atoms with Gasteiger partial charge in [0.1, 0.15) is 5.82 Å². The Bertz CT molecular complexity index is 385. The van der Waals surface area contributed by atoms with E-state index in [9.17, 15) is 0 Å². The molecule has 0 atom stereocenters. The molecule has 0 amide bonds. The molecular formula is C9H10N4. The summed E-state index contributed by atoms with van der Waals surface area (Å²) in [6.45, 7) is 1.89. The zero-order valence-corrected chi connectivity index (χ0v) is 7.31. The maximum Gasteiger partial charge on any atom is 0.222 e. The van der Waals surface area contributed by atoms with Crippen LogP contribution in [0.2, 0.25) is 0 Å². The summed E-state index contributed by atoms with van der Waals surface area (Å²) in [5.41, 5.74) is 6.40. The Hall–Kier alpha value is -1.84. The van der Waals surface area contributed by atoms with Crippen molar-refractivity contribution in [3.8, 4) is 5.82 Å². The van der Waals surface area contributed by atoms with Crippen molar-refractivity contribution in [2.45, 2.75) is 6.92 Å². The number of aromatic nitrogens is 3. The highest BCUT2D eigenvalue weighted by Crippen LogP contribution is 2.07. The molecule has 0 unspecified atom stereocenters. The van der Waals surface area contributed by atoms with Crippen LogP contribution >= 0.6 is 0 Å². The lowest BCUT2D eigenvalue weighted by Crippen LogP contribution is -2.02. The van der Waals surface area contributed by atoms with Gasteiger partial charge >= 0.3 is 0 Å². The molecule has 0 saturated heterocycles. The van der Waals surface area contributed by atoms with Crippen molar-refractivity contribution < 1.29 is 0 Å². The summed E-state index contributed by atoms with van der Waals surface area (Å²) < 4.78 is 1.89. The summed E-state index contributed by atoms with van der Waals surface area (Å²) in [6.07, 6.45) is 3.84. The second-order valence-electron chi connectivity index (χ2n) is 2.82. The molecule has 0 radical (unpaired) electrons. The molecule has 0 spiro atoms. The van der Waals surface area contributed by atoms with Crippen LogP contribution in [0.25, 0.3) is 5.82 Å². The van der Waals surface area contributed by atoms with Crippen LogP contribution in [0.1, 0.15) is 5.69 Å². The molecular weight excluding hydrogens is 164 g/mol. The van der Waals surface area contributed by atoms with Crippen LogP contribution < -0.4 is 5.73 Å². The Morgan fingerprint density at radius 2 is 1.92 bits per heavy atom. The van der Waals surface area contributed by atoms with Gasteiger partial charge in [0.25, 0.3) is 0 Å². The Morgan fingerprint density at radius 1 is 1.23 bits per heavy atom. The van der Waals surface area contributed by atoms with Gasteiger partial charge in [-0.25, -0.2) is 4.98 Å². The summed E-state index contributed by atoms with van der Waals surface area (Å²) in [5, 5.41) is 0. The van der Waals surface area contributed by atoms with Crippen molar-refractivity contribution in [3.63, 3.8) is 0 Å². The monoisotopic (exact) mass is 174 g/mol. The zero-order chi connectivity index (χ0) is 9.26. The summed E-state index contributed by atoms with van der Waals surface area (Å²) in [5.74, 6) is 1.11. The second kappa shape index (κ2) is 2.90. The average molecular weight is 174 g/mol. The molecule has 0 saturated carbocycles. The maximum atomic E-state index is 5.53.